The molecule has 5 rings (SSSR count). The average molecular weight is 457 g/mol. The van der Waals surface area contributed by atoms with E-state index in [2.05, 4.69) is 50.8 Å². The Hall–Kier alpha value is -3.22. The Morgan fingerprint density at radius 2 is 1.47 bits per heavy atom. The van der Waals surface area contributed by atoms with Gasteiger partial charge in [0.2, 0.25) is 5.91 Å². The number of benzene rings is 3. The highest BCUT2D eigenvalue weighted by Crippen LogP contribution is 2.32. The first-order valence-electron chi connectivity index (χ1n) is 12.3. The Labute approximate surface area is 200 Å². The van der Waals surface area contributed by atoms with Gasteiger partial charge in [0.25, 0.3) is 5.91 Å². The van der Waals surface area contributed by atoms with Gasteiger partial charge in [-0.1, -0.05) is 54.6 Å². The van der Waals surface area contributed by atoms with Gasteiger partial charge in [0.1, 0.15) is 0 Å². The number of anilines is 1. The number of hydrogen-bond donors (Lipinski definition) is 2. The predicted octanol–water partition coefficient (Wildman–Crippen LogP) is 3.74. The lowest BCUT2D eigenvalue weighted by Crippen LogP contribution is -2.48. The first-order chi connectivity index (χ1) is 16.7. The van der Waals surface area contributed by atoms with Crippen LogP contribution in [0.15, 0.2) is 66.7 Å². The second kappa shape index (κ2) is 10.4. The molecule has 0 radical (unpaired) electrons. The Morgan fingerprint density at radius 3 is 2.18 bits per heavy atom. The molecule has 2 amide bonds. The summed E-state index contributed by atoms with van der Waals surface area (Å²) < 4.78 is 0. The molecule has 0 aromatic heterocycles. The SMILES string of the molecule is O=C(NCCN1CCN(Cc2ccccc2)CC1)c1cc2ccccc2cc1NC(=O)C1CC1. The van der Waals surface area contributed by atoms with E-state index in [0.717, 1.165) is 62.9 Å². The maximum Gasteiger partial charge on any atom is 0.253 e. The summed E-state index contributed by atoms with van der Waals surface area (Å²) in [4.78, 5) is 30.4. The zero-order valence-corrected chi connectivity index (χ0v) is 19.5. The Balaban J connectivity index is 1.15. The van der Waals surface area contributed by atoms with Crippen LogP contribution in [0.4, 0.5) is 5.69 Å². The topological polar surface area (TPSA) is 64.7 Å². The molecule has 0 atom stereocenters. The van der Waals surface area contributed by atoms with Gasteiger partial charge >= 0.3 is 0 Å². The van der Waals surface area contributed by atoms with E-state index in [1.54, 1.807) is 0 Å². The average Bonchev–Trinajstić information content (AvgIpc) is 3.71. The lowest BCUT2D eigenvalue weighted by atomic mass is 10.0. The minimum atomic E-state index is -0.139. The number of nitrogens with one attached hydrogen (secondary N) is 2. The highest BCUT2D eigenvalue weighted by molar-refractivity contribution is 6.08. The quantitative estimate of drug-likeness (QED) is 0.542. The second-order valence-electron chi connectivity index (χ2n) is 9.37. The van der Waals surface area contributed by atoms with Gasteiger partial charge < -0.3 is 10.6 Å². The fourth-order valence-corrected chi connectivity index (χ4v) is 4.55. The predicted molar refractivity (Wildman–Crippen MR) is 136 cm³/mol. The van der Waals surface area contributed by atoms with E-state index in [1.807, 2.05) is 36.4 Å². The van der Waals surface area contributed by atoms with Crippen LogP contribution >= 0.6 is 0 Å². The summed E-state index contributed by atoms with van der Waals surface area (Å²) in [7, 11) is 0. The number of carbonyl (C=O) groups excluding carboxylic acids is 2. The van der Waals surface area contributed by atoms with Gasteiger partial charge in [0.15, 0.2) is 0 Å². The monoisotopic (exact) mass is 456 g/mol. The molecule has 34 heavy (non-hydrogen) atoms. The number of nitrogens with zero attached hydrogens (tertiary/aromatic N) is 2. The minimum absolute atomic E-state index is 0.0118. The van der Waals surface area contributed by atoms with Crippen LogP contribution in [0.5, 0.6) is 0 Å². The molecular weight excluding hydrogens is 424 g/mol. The third kappa shape index (κ3) is 5.64. The molecule has 3 aromatic rings. The molecule has 1 aliphatic carbocycles. The Bertz CT molecular complexity index is 1150. The molecule has 0 spiro atoms. The molecule has 6 heteroatoms. The first-order valence-corrected chi connectivity index (χ1v) is 12.3. The molecule has 1 heterocycles. The first kappa shape index (κ1) is 22.6. The van der Waals surface area contributed by atoms with Crippen LogP contribution in [-0.4, -0.2) is 60.9 Å². The lowest BCUT2D eigenvalue weighted by molar-refractivity contribution is -0.117. The van der Waals surface area contributed by atoms with Crippen molar-refractivity contribution in [3.63, 3.8) is 0 Å². The number of amides is 2. The van der Waals surface area contributed by atoms with Crippen LogP contribution in [0.1, 0.15) is 28.8 Å². The highest BCUT2D eigenvalue weighted by atomic mass is 16.2. The molecule has 1 aliphatic heterocycles. The van der Waals surface area contributed by atoms with E-state index in [1.165, 1.54) is 5.56 Å². The highest BCUT2D eigenvalue weighted by Gasteiger charge is 2.30. The van der Waals surface area contributed by atoms with E-state index in [9.17, 15) is 9.59 Å². The van der Waals surface area contributed by atoms with E-state index < -0.39 is 0 Å². The maximum atomic E-state index is 13.1. The molecule has 3 aromatic carbocycles. The number of hydrogen-bond acceptors (Lipinski definition) is 4. The zero-order valence-electron chi connectivity index (χ0n) is 19.5. The fourth-order valence-electron chi connectivity index (χ4n) is 4.55. The van der Waals surface area contributed by atoms with Crippen LogP contribution in [0.2, 0.25) is 0 Å². The molecule has 6 nitrogen and oxygen atoms in total. The standard InChI is InChI=1S/C28H32N4O2/c33-27(22-10-11-22)30-26-19-24-9-5-4-8-23(24)18-25(26)28(34)29-12-13-31-14-16-32(17-15-31)20-21-6-2-1-3-7-21/h1-9,18-19,22H,10-17,20H2,(H,29,34)(H,30,33). The van der Waals surface area contributed by atoms with Crippen molar-refractivity contribution in [3.8, 4) is 0 Å². The van der Waals surface area contributed by atoms with Gasteiger partial charge in [-0.15, -0.1) is 0 Å². The van der Waals surface area contributed by atoms with E-state index in [0.29, 0.717) is 17.8 Å². The van der Waals surface area contributed by atoms with Gasteiger partial charge in [-0.2, -0.15) is 0 Å². The third-order valence-corrected chi connectivity index (χ3v) is 6.76. The van der Waals surface area contributed by atoms with Crippen molar-refractivity contribution in [1.29, 1.82) is 0 Å². The summed E-state index contributed by atoms with van der Waals surface area (Å²) in [5.41, 5.74) is 2.48. The van der Waals surface area contributed by atoms with Gasteiger partial charge in [0.05, 0.1) is 11.3 Å². The van der Waals surface area contributed by atoms with Crippen LogP contribution < -0.4 is 10.6 Å². The van der Waals surface area contributed by atoms with Crippen molar-refractivity contribution >= 4 is 28.3 Å². The van der Waals surface area contributed by atoms with Crippen molar-refractivity contribution in [2.45, 2.75) is 19.4 Å². The van der Waals surface area contributed by atoms with Crippen molar-refractivity contribution < 1.29 is 9.59 Å². The van der Waals surface area contributed by atoms with Gasteiger partial charge in [-0.05, 0) is 41.3 Å². The summed E-state index contributed by atoms with van der Waals surface area (Å²) in [6.45, 7) is 6.46. The van der Waals surface area contributed by atoms with E-state index in [4.69, 9.17) is 0 Å². The van der Waals surface area contributed by atoms with Gasteiger partial charge in [-0.25, -0.2) is 0 Å². The van der Waals surface area contributed by atoms with Crippen molar-refractivity contribution in [3.05, 3.63) is 77.9 Å². The van der Waals surface area contributed by atoms with Gasteiger partial charge in [-0.3, -0.25) is 19.4 Å². The summed E-state index contributed by atoms with van der Waals surface area (Å²) in [6, 6.07) is 22.3. The molecule has 1 saturated carbocycles. The van der Waals surface area contributed by atoms with Crippen molar-refractivity contribution in [2.24, 2.45) is 5.92 Å². The number of fused-ring (bicyclic) bond motifs is 1. The maximum absolute atomic E-state index is 13.1. The van der Waals surface area contributed by atoms with E-state index >= 15 is 0 Å². The molecule has 2 fully saturated rings. The number of piperazine rings is 1. The van der Waals surface area contributed by atoms with Crippen LogP contribution in [0.25, 0.3) is 10.8 Å². The van der Waals surface area contributed by atoms with E-state index in [-0.39, 0.29) is 17.7 Å². The molecule has 2 aliphatic rings. The molecule has 176 valence electrons. The molecule has 0 unspecified atom stereocenters. The summed E-state index contributed by atoms with van der Waals surface area (Å²) >= 11 is 0. The zero-order chi connectivity index (χ0) is 23.3. The van der Waals surface area contributed by atoms with Gasteiger partial charge in [0, 0.05) is 51.7 Å². The Kier molecular flexibility index (Phi) is 6.88. The third-order valence-electron chi connectivity index (χ3n) is 6.76. The molecule has 0 bridgehead atoms. The lowest BCUT2D eigenvalue weighted by Gasteiger charge is -2.34. The largest absolute Gasteiger partial charge is 0.351 e. The fraction of sp³-hybridized carbons (Fsp3) is 0.357. The summed E-state index contributed by atoms with van der Waals surface area (Å²) in [6.07, 6.45) is 1.86. The molecular formula is C28H32N4O2. The Morgan fingerprint density at radius 1 is 0.824 bits per heavy atom. The van der Waals surface area contributed by atoms with Crippen LogP contribution in [0.3, 0.4) is 0 Å². The molecule has 1 saturated heterocycles. The summed E-state index contributed by atoms with van der Waals surface area (Å²) in [5.74, 6) is -0.0415. The summed E-state index contributed by atoms with van der Waals surface area (Å²) in [5, 5.41) is 8.07. The normalized spacial score (nSPS) is 16.9. The molecule has 2 N–H and O–H groups in total. The van der Waals surface area contributed by atoms with Crippen molar-refractivity contribution in [1.82, 2.24) is 15.1 Å². The van der Waals surface area contributed by atoms with Crippen LogP contribution in [0, 0.1) is 5.92 Å². The van der Waals surface area contributed by atoms with Crippen LogP contribution in [-0.2, 0) is 11.3 Å². The minimum Gasteiger partial charge on any atom is -0.351 e. The second-order valence-corrected chi connectivity index (χ2v) is 9.37. The smallest absolute Gasteiger partial charge is 0.253 e. The number of rotatable bonds is 8. The van der Waals surface area contributed by atoms with Crippen molar-refractivity contribution in [2.75, 3.05) is 44.6 Å². The number of carbonyl (C=O) groups is 2.